The molecule has 0 saturated heterocycles. The molecule has 0 aliphatic rings. The Bertz CT molecular complexity index is 577. The van der Waals surface area contributed by atoms with Crippen LogP contribution in [0.4, 0.5) is 0 Å². The molecule has 0 unspecified atom stereocenters. The van der Waals surface area contributed by atoms with Gasteiger partial charge in [0.1, 0.15) is 5.75 Å². The smallest absolute Gasteiger partial charge is 0.240 e. The Morgan fingerprint density at radius 2 is 2.14 bits per heavy atom. The maximum Gasteiger partial charge on any atom is 0.240 e. The van der Waals surface area contributed by atoms with Crippen LogP contribution in [0, 0.1) is 0 Å². The number of ether oxygens (including phenoxy) is 1. The highest BCUT2D eigenvalue weighted by Gasteiger charge is 2.11. The van der Waals surface area contributed by atoms with Crippen molar-refractivity contribution >= 4 is 24.0 Å². The number of hydrogen-bond acceptors (Lipinski definition) is 6. The minimum atomic E-state index is 0. The summed E-state index contributed by atoms with van der Waals surface area (Å²) < 4.78 is 10.3. The summed E-state index contributed by atoms with van der Waals surface area (Å²) in [7, 11) is 3.60. The molecule has 1 aromatic carbocycles. The van der Waals surface area contributed by atoms with E-state index in [1.54, 1.807) is 13.2 Å². The number of aromatic nitrogens is 2. The lowest BCUT2D eigenvalue weighted by Gasteiger charge is -2.16. The third-order valence-corrected chi connectivity index (χ3v) is 3.01. The second-order valence-electron chi connectivity index (χ2n) is 4.44. The van der Waals surface area contributed by atoms with Gasteiger partial charge < -0.3 is 15.0 Å². The van der Waals surface area contributed by atoms with Gasteiger partial charge in [0.25, 0.3) is 0 Å². The molecule has 2 N–H and O–H groups in total. The minimum absolute atomic E-state index is 0. The van der Waals surface area contributed by atoms with Crippen LogP contribution in [0.2, 0.25) is 5.02 Å². The molecule has 0 amide bonds. The monoisotopic (exact) mass is 332 g/mol. The second kappa shape index (κ2) is 8.19. The number of halogens is 2. The number of benzene rings is 1. The molecule has 0 radical (unpaired) electrons. The van der Waals surface area contributed by atoms with Crippen LogP contribution >= 0.6 is 24.0 Å². The van der Waals surface area contributed by atoms with Gasteiger partial charge in [-0.05, 0) is 25.2 Å². The molecule has 0 aliphatic carbocycles. The van der Waals surface area contributed by atoms with Crippen molar-refractivity contribution in [2.75, 3.05) is 14.2 Å². The first-order chi connectivity index (χ1) is 9.62. The Labute approximate surface area is 134 Å². The van der Waals surface area contributed by atoms with E-state index in [1.165, 1.54) is 0 Å². The van der Waals surface area contributed by atoms with E-state index in [-0.39, 0.29) is 19.0 Å². The average Bonchev–Trinajstić information content (AvgIpc) is 2.86. The van der Waals surface area contributed by atoms with Crippen LogP contribution in [-0.2, 0) is 19.6 Å². The first-order valence-corrected chi connectivity index (χ1v) is 6.52. The quantitative estimate of drug-likeness (QED) is 0.874. The summed E-state index contributed by atoms with van der Waals surface area (Å²) in [6, 6.07) is 5.54. The van der Waals surface area contributed by atoms with E-state index in [0.717, 1.165) is 11.3 Å². The lowest BCUT2D eigenvalue weighted by atomic mass is 10.2. The average molecular weight is 333 g/mol. The molecule has 1 aromatic heterocycles. The van der Waals surface area contributed by atoms with Gasteiger partial charge in [0, 0.05) is 17.1 Å². The summed E-state index contributed by atoms with van der Waals surface area (Å²) >= 11 is 6.01. The van der Waals surface area contributed by atoms with Crippen LogP contribution in [0.3, 0.4) is 0 Å². The standard InChI is InChI=1S/C13H17ClN4O2.ClH/c1-18(8-12-16-13(6-15)20-17-12)7-9-5-10(14)3-4-11(9)19-2;/h3-5H,6-8,15H2,1-2H3;1H. The van der Waals surface area contributed by atoms with E-state index in [4.69, 9.17) is 26.6 Å². The van der Waals surface area contributed by atoms with Gasteiger partial charge in [-0.1, -0.05) is 16.8 Å². The van der Waals surface area contributed by atoms with Crippen molar-refractivity contribution in [3.8, 4) is 5.75 Å². The van der Waals surface area contributed by atoms with E-state index < -0.39 is 0 Å². The van der Waals surface area contributed by atoms with Crippen LogP contribution in [0.15, 0.2) is 22.7 Å². The maximum absolute atomic E-state index is 6.01. The van der Waals surface area contributed by atoms with Crippen molar-refractivity contribution in [1.29, 1.82) is 0 Å². The van der Waals surface area contributed by atoms with Crippen molar-refractivity contribution in [2.24, 2.45) is 5.73 Å². The van der Waals surface area contributed by atoms with Gasteiger partial charge >= 0.3 is 0 Å². The predicted octanol–water partition coefficient (Wildman–Crippen LogP) is 2.24. The first kappa shape index (κ1) is 17.7. The lowest BCUT2D eigenvalue weighted by molar-refractivity contribution is 0.293. The van der Waals surface area contributed by atoms with Crippen molar-refractivity contribution in [3.05, 3.63) is 40.5 Å². The Morgan fingerprint density at radius 1 is 1.38 bits per heavy atom. The topological polar surface area (TPSA) is 77.4 Å². The second-order valence-corrected chi connectivity index (χ2v) is 4.87. The van der Waals surface area contributed by atoms with E-state index in [1.807, 2.05) is 24.1 Å². The van der Waals surface area contributed by atoms with Crippen molar-refractivity contribution in [2.45, 2.75) is 19.6 Å². The molecule has 0 atom stereocenters. The van der Waals surface area contributed by atoms with Gasteiger partial charge in [-0.25, -0.2) is 0 Å². The minimum Gasteiger partial charge on any atom is -0.496 e. The Balaban J connectivity index is 0.00000220. The van der Waals surface area contributed by atoms with Gasteiger partial charge in [-0.2, -0.15) is 4.98 Å². The molecule has 0 bridgehead atoms. The highest BCUT2D eigenvalue weighted by atomic mass is 35.5. The third kappa shape index (κ3) is 4.86. The highest BCUT2D eigenvalue weighted by molar-refractivity contribution is 6.30. The Hall–Kier alpha value is -1.34. The molecule has 8 heteroatoms. The van der Waals surface area contributed by atoms with Crippen LogP contribution in [0.1, 0.15) is 17.3 Å². The molecule has 6 nitrogen and oxygen atoms in total. The number of nitrogens with zero attached hydrogens (tertiary/aromatic N) is 3. The van der Waals surface area contributed by atoms with Crippen LogP contribution in [0.5, 0.6) is 5.75 Å². The molecule has 0 fully saturated rings. The third-order valence-electron chi connectivity index (χ3n) is 2.78. The zero-order valence-electron chi connectivity index (χ0n) is 11.9. The SMILES string of the molecule is COc1ccc(Cl)cc1CN(C)Cc1noc(CN)n1.Cl. The summed E-state index contributed by atoms with van der Waals surface area (Å²) in [6.07, 6.45) is 0. The van der Waals surface area contributed by atoms with Gasteiger partial charge in [-0.15, -0.1) is 12.4 Å². The number of nitrogens with two attached hydrogens (primary N) is 1. The molecule has 2 aromatic rings. The lowest BCUT2D eigenvalue weighted by Crippen LogP contribution is -2.18. The zero-order chi connectivity index (χ0) is 14.5. The largest absolute Gasteiger partial charge is 0.496 e. The number of methoxy groups -OCH3 is 1. The highest BCUT2D eigenvalue weighted by Crippen LogP contribution is 2.24. The maximum atomic E-state index is 6.01. The fourth-order valence-electron chi connectivity index (χ4n) is 1.90. The first-order valence-electron chi connectivity index (χ1n) is 6.15. The van der Waals surface area contributed by atoms with Crippen molar-refractivity contribution in [3.63, 3.8) is 0 Å². The molecule has 0 spiro atoms. The zero-order valence-corrected chi connectivity index (χ0v) is 13.4. The Kier molecular flexibility index (Phi) is 6.91. The van der Waals surface area contributed by atoms with Crippen LogP contribution in [0.25, 0.3) is 0 Å². The summed E-state index contributed by atoms with van der Waals surface area (Å²) in [5.74, 6) is 1.85. The Morgan fingerprint density at radius 3 is 2.76 bits per heavy atom. The summed E-state index contributed by atoms with van der Waals surface area (Å²) in [5.41, 5.74) is 6.44. The van der Waals surface area contributed by atoms with Gasteiger partial charge in [0.2, 0.25) is 5.89 Å². The molecule has 21 heavy (non-hydrogen) atoms. The van der Waals surface area contributed by atoms with E-state index in [9.17, 15) is 0 Å². The van der Waals surface area contributed by atoms with Gasteiger partial charge in [-0.3, -0.25) is 4.90 Å². The fraction of sp³-hybridized carbons (Fsp3) is 0.385. The van der Waals surface area contributed by atoms with Crippen molar-refractivity contribution < 1.29 is 9.26 Å². The van der Waals surface area contributed by atoms with E-state index >= 15 is 0 Å². The number of rotatable bonds is 6. The fourth-order valence-corrected chi connectivity index (χ4v) is 2.09. The summed E-state index contributed by atoms with van der Waals surface area (Å²) in [6.45, 7) is 1.47. The summed E-state index contributed by atoms with van der Waals surface area (Å²) in [4.78, 5) is 6.21. The molecule has 0 saturated carbocycles. The molecule has 2 rings (SSSR count). The molecular formula is C13H18Cl2N4O2. The van der Waals surface area contributed by atoms with Crippen LogP contribution in [-0.4, -0.2) is 29.2 Å². The van der Waals surface area contributed by atoms with E-state index in [2.05, 4.69) is 10.1 Å². The summed E-state index contributed by atoms with van der Waals surface area (Å²) in [5, 5.41) is 4.54. The van der Waals surface area contributed by atoms with Crippen LogP contribution < -0.4 is 10.5 Å². The molecule has 0 aliphatic heterocycles. The van der Waals surface area contributed by atoms with Crippen molar-refractivity contribution in [1.82, 2.24) is 15.0 Å². The van der Waals surface area contributed by atoms with Gasteiger partial charge in [0.05, 0.1) is 20.2 Å². The molecule has 116 valence electrons. The normalized spacial score (nSPS) is 10.5. The molecule has 1 heterocycles. The number of hydrogen-bond donors (Lipinski definition) is 1. The van der Waals surface area contributed by atoms with Gasteiger partial charge in [0.15, 0.2) is 5.82 Å². The van der Waals surface area contributed by atoms with E-state index in [0.29, 0.717) is 29.8 Å². The predicted molar refractivity (Wildman–Crippen MR) is 82.6 cm³/mol. The molecular weight excluding hydrogens is 315 g/mol.